The van der Waals surface area contributed by atoms with Crippen LogP contribution in [0.1, 0.15) is 37.4 Å². The van der Waals surface area contributed by atoms with E-state index < -0.39 is 11.9 Å². The monoisotopic (exact) mass is 292 g/mol. The average Bonchev–Trinajstić information content (AvgIpc) is 3.28. The van der Waals surface area contributed by atoms with Gasteiger partial charge in [-0.1, -0.05) is 0 Å². The third kappa shape index (κ3) is 2.91. The summed E-state index contributed by atoms with van der Waals surface area (Å²) in [5.41, 5.74) is 1.98. The first-order valence-electron chi connectivity index (χ1n) is 6.82. The molecule has 21 heavy (non-hydrogen) atoms. The molecule has 1 aromatic carbocycles. The Morgan fingerprint density at radius 2 is 1.71 bits per heavy atom. The molecule has 1 aromatic rings. The van der Waals surface area contributed by atoms with Crippen molar-refractivity contribution in [1.82, 2.24) is 0 Å². The van der Waals surface area contributed by atoms with Gasteiger partial charge < -0.3 is 19.7 Å². The van der Waals surface area contributed by atoms with Gasteiger partial charge in [0.2, 0.25) is 0 Å². The van der Waals surface area contributed by atoms with Crippen LogP contribution >= 0.6 is 0 Å². The Bertz CT molecular complexity index is 613. The fraction of sp³-hybridized carbons (Fsp3) is 0.467. The Morgan fingerprint density at radius 1 is 1.14 bits per heavy atom. The first-order valence-corrected chi connectivity index (χ1v) is 6.82. The number of ether oxygens (including phenoxy) is 2. The Labute approximate surface area is 121 Å². The van der Waals surface area contributed by atoms with Crippen LogP contribution in [0.2, 0.25) is 0 Å². The van der Waals surface area contributed by atoms with Crippen LogP contribution in [0.15, 0.2) is 6.07 Å². The zero-order valence-corrected chi connectivity index (χ0v) is 11.6. The lowest BCUT2D eigenvalue weighted by atomic mass is 9.88. The number of benzene rings is 1. The molecule has 0 saturated carbocycles. The second-order valence-corrected chi connectivity index (χ2v) is 5.49. The highest BCUT2D eigenvalue weighted by molar-refractivity contribution is 6.03. The van der Waals surface area contributed by atoms with E-state index in [9.17, 15) is 19.8 Å². The van der Waals surface area contributed by atoms with Crippen LogP contribution in [0, 0.1) is 6.92 Å². The van der Waals surface area contributed by atoms with Gasteiger partial charge in [0, 0.05) is 12.8 Å². The highest BCUT2D eigenvalue weighted by Crippen LogP contribution is 2.30. The smallest absolute Gasteiger partial charge is 0.336 e. The maximum Gasteiger partial charge on any atom is 0.336 e. The fourth-order valence-corrected chi connectivity index (χ4v) is 2.62. The summed E-state index contributed by atoms with van der Waals surface area (Å²) >= 11 is 0. The molecule has 0 spiro atoms. The largest absolute Gasteiger partial charge is 0.478 e. The van der Waals surface area contributed by atoms with Crippen molar-refractivity contribution < 1.29 is 29.3 Å². The maximum atomic E-state index is 11.5. The van der Waals surface area contributed by atoms with Crippen molar-refractivity contribution in [1.29, 1.82) is 0 Å². The van der Waals surface area contributed by atoms with E-state index >= 15 is 0 Å². The van der Waals surface area contributed by atoms with Gasteiger partial charge in [0.1, 0.15) is 0 Å². The lowest BCUT2D eigenvalue weighted by Gasteiger charge is -2.16. The molecule has 2 saturated heterocycles. The molecule has 0 amide bonds. The highest BCUT2D eigenvalue weighted by Gasteiger charge is 2.32. The minimum Gasteiger partial charge on any atom is -0.478 e. The van der Waals surface area contributed by atoms with E-state index in [0.29, 0.717) is 31.6 Å². The zero-order chi connectivity index (χ0) is 15.1. The summed E-state index contributed by atoms with van der Waals surface area (Å²) in [5, 5.41) is 18.7. The van der Waals surface area contributed by atoms with Crippen molar-refractivity contribution in [3.63, 3.8) is 0 Å². The van der Waals surface area contributed by atoms with Gasteiger partial charge in [0.25, 0.3) is 0 Å². The number of aromatic carboxylic acids is 2. The number of carboxylic acid groups (broad SMARTS) is 2. The Kier molecular flexibility index (Phi) is 3.43. The van der Waals surface area contributed by atoms with E-state index in [1.54, 1.807) is 0 Å². The van der Waals surface area contributed by atoms with Gasteiger partial charge in [-0.15, -0.1) is 0 Å². The van der Waals surface area contributed by atoms with E-state index in [1.165, 1.54) is 6.07 Å². The second kappa shape index (κ2) is 5.13. The van der Waals surface area contributed by atoms with Crippen LogP contribution in [0.4, 0.5) is 0 Å². The zero-order valence-electron chi connectivity index (χ0n) is 11.6. The summed E-state index contributed by atoms with van der Waals surface area (Å²) < 4.78 is 10.4. The van der Waals surface area contributed by atoms with E-state index in [2.05, 4.69) is 0 Å². The Balaban J connectivity index is 2.12. The van der Waals surface area contributed by atoms with E-state index in [1.807, 2.05) is 6.92 Å². The molecule has 0 aliphatic carbocycles. The van der Waals surface area contributed by atoms with Gasteiger partial charge in [-0.05, 0) is 29.7 Å². The number of rotatable bonds is 6. The van der Waals surface area contributed by atoms with Crippen LogP contribution in [0.25, 0.3) is 0 Å². The van der Waals surface area contributed by atoms with Crippen molar-refractivity contribution >= 4 is 11.9 Å². The summed E-state index contributed by atoms with van der Waals surface area (Å²) in [6.45, 7) is 3.11. The third-order valence-corrected chi connectivity index (χ3v) is 3.95. The fourth-order valence-electron chi connectivity index (χ4n) is 2.62. The van der Waals surface area contributed by atoms with Crippen LogP contribution < -0.4 is 0 Å². The summed E-state index contributed by atoms with van der Waals surface area (Å²) in [7, 11) is 0. The molecule has 0 radical (unpaired) electrons. The molecule has 0 bridgehead atoms. The van der Waals surface area contributed by atoms with Gasteiger partial charge in [-0.25, -0.2) is 9.59 Å². The SMILES string of the molecule is Cc1c(CC2CO2)cc(C(=O)O)c(C(=O)O)c1CC1CO1. The minimum absolute atomic E-state index is 0.00382. The summed E-state index contributed by atoms with van der Waals surface area (Å²) in [6.07, 6.45) is 1.17. The molecule has 2 atom stereocenters. The number of carbonyl (C=O) groups is 2. The molecule has 6 heteroatoms. The first kappa shape index (κ1) is 14.0. The predicted octanol–water partition coefficient (Wildman–Crippen LogP) is 1.27. The molecule has 2 heterocycles. The lowest BCUT2D eigenvalue weighted by Crippen LogP contribution is -2.16. The molecule has 2 N–H and O–H groups in total. The first-order chi connectivity index (χ1) is 9.97. The van der Waals surface area contributed by atoms with Crippen LogP contribution in [0.3, 0.4) is 0 Å². The third-order valence-electron chi connectivity index (χ3n) is 3.95. The van der Waals surface area contributed by atoms with Gasteiger partial charge in [0.05, 0.1) is 36.5 Å². The molecule has 2 fully saturated rings. The number of hydrogen-bond donors (Lipinski definition) is 2. The standard InChI is InChI=1S/C15H16O6/c1-7-8(2-9-5-20-9)3-12(14(16)17)13(15(18)19)11(7)4-10-6-21-10/h3,9-10H,2,4-6H2,1H3,(H,16,17)(H,18,19). The van der Waals surface area contributed by atoms with Crippen molar-refractivity contribution in [2.45, 2.75) is 32.0 Å². The van der Waals surface area contributed by atoms with Gasteiger partial charge in [-0.3, -0.25) is 0 Å². The molecule has 2 aliphatic rings. The Morgan fingerprint density at radius 3 is 2.19 bits per heavy atom. The predicted molar refractivity (Wildman–Crippen MR) is 72.0 cm³/mol. The maximum absolute atomic E-state index is 11.5. The van der Waals surface area contributed by atoms with E-state index in [4.69, 9.17) is 9.47 Å². The average molecular weight is 292 g/mol. The van der Waals surface area contributed by atoms with Crippen molar-refractivity contribution in [3.8, 4) is 0 Å². The molecule has 3 rings (SSSR count). The molecular weight excluding hydrogens is 276 g/mol. The van der Waals surface area contributed by atoms with E-state index in [0.717, 1.165) is 11.1 Å². The van der Waals surface area contributed by atoms with Crippen molar-refractivity contribution in [2.75, 3.05) is 13.2 Å². The topological polar surface area (TPSA) is 99.7 Å². The van der Waals surface area contributed by atoms with E-state index in [-0.39, 0.29) is 23.3 Å². The van der Waals surface area contributed by atoms with Crippen LogP contribution in [0.5, 0.6) is 0 Å². The molecule has 2 unspecified atom stereocenters. The summed E-state index contributed by atoms with van der Waals surface area (Å²) in [5.74, 6) is -2.43. The van der Waals surface area contributed by atoms with Crippen LogP contribution in [-0.4, -0.2) is 47.6 Å². The van der Waals surface area contributed by atoms with Gasteiger partial charge >= 0.3 is 11.9 Å². The van der Waals surface area contributed by atoms with Gasteiger partial charge in [-0.2, -0.15) is 0 Å². The summed E-state index contributed by atoms with van der Waals surface area (Å²) in [4.78, 5) is 22.9. The highest BCUT2D eigenvalue weighted by atomic mass is 16.6. The number of epoxide rings is 2. The van der Waals surface area contributed by atoms with Crippen LogP contribution in [-0.2, 0) is 22.3 Å². The number of hydrogen-bond acceptors (Lipinski definition) is 4. The Hall–Kier alpha value is -1.92. The molecule has 112 valence electrons. The summed E-state index contributed by atoms with van der Waals surface area (Å²) in [6, 6.07) is 1.47. The molecular formula is C15H16O6. The molecule has 2 aliphatic heterocycles. The molecule has 6 nitrogen and oxygen atoms in total. The normalized spacial score (nSPS) is 22.9. The lowest BCUT2D eigenvalue weighted by molar-refractivity contribution is 0.0650. The molecule has 0 aromatic heterocycles. The minimum atomic E-state index is -1.22. The van der Waals surface area contributed by atoms with Gasteiger partial charge in [0.15, 0.2) is 0 Å². The van der Waals surface area contributed by atoms with Crippen molar-refractivity contribution in [2.24, 2.45) is 0 Å². The van der Waals surface area contributed by atoms with Crippen molar-refractivity contribution in [3.05, 3.63) is 33.9 Å². The second-order valence-electron chi connectivity index (χ2n) is 5.49. The number of carboxylic acids is 2. The quantitative estimate of drug-likeness (QED) is 0.766.